The second-order valence-corrected chi connectivity index (χ2v) is 10.6. The molecular formula is C29H43N3O4. The van der Waals surface area contributed by atoms with Crippen LogP contribution in [0.4, 0.5) is 4.79 Å². The average Bonchev–Trinajstić information content (AvgIpc) is 2.90. The molecule has 0 bridgehead atoms. The van der Waals surface area contributed by atoms with Crippen molar-refractivity contribution in [2.75, 3.05) is 14.2 Å². The van der Waals surface area contributed by atoms with Crippen molar-refractivity contribution in [2.45, 2.75) is 108 Å². The Kier molecular flexibility index (Phi) is 10.0. The first-order valence-electron chi connectivity index (χ1n) is 13.6. The summed E-state index contributed by atoms with van der Waals surface area (Å²) in [5.41, 5.74) is -0.103. The molecule has 198 valence electrons. The van der Waals surface area contributed by atoms with E-state index < -0.39 is 5.41 Å². The third kappa shape index (κ3) is 6.32. The van der Waals surface area contributed by atoms with E-state index in [0.717, 1.165) is 63.4 Å². The Morgan fingerprint density at radius 3 is 2.19 bits per heavy atom. The summed E-state index contributed by atoms with van der Waals surface area (Å²) in [7, 11) is 3.15. The van der Waals surface area contributed by atoms with Gasteiger partial charge in [-0.15, -0.1) is 0 Å². The zero-order chi connectivity index (χ0) is 26.1. The Bertz CT molecular complexity index is 929. The van der Waals surface area contributed by atoms with Crippen LogP contribution in [0.2, 0.25) is 0 Å². The third-order valence-electron chi connectivity index (χ3n) is 8.18. The number of benzene rings is 1. The number of amides is 3. The van der Waals surface area contributed by atoms with Crippen LogP contribution >= 0.6 is 0 Å². The van der Waals surface area contributed by atoms with Crippen LogP contribution < -0.4 is 14.8 Å². The zero-order valence-electron chi connectivity index (χ0n) is 22.5. The summed E-state index contributed by atoms with van der Waals surface area (Å²) >= 11 is 0. The van der Waals surface area contributed by atoms with Gasteiger partial charge >= 0.3 is 6.03 Å². The van der Waals surface area contributed by atoms with Crippen molar-refractivity contribution >= 4 is 11.9 Å². The largest absolute Gasteiger partial charge is 0.493 e. The molecule has 7 nitrogen and oxygen atoms in total. The quantitative estimate of drug-likeness (QED) is 0.445. The summed E-state index contributed by atoms with van der Waals surface area (Å²) < 4.78 is 10.9. The minimum absolute atomic E-state index is 0.0485. The standard InChI is InChI=1S/C29H43N3O4/c1-21(2)29(20-30,22-15-16-25(35-3)26(19-22)36-4)18-17-27(33)32(24-13-9-6-10-14-24)28(34)31-23-11-7-5-8-12-23/h15-16,19,21,23-24H,5-14,17-18H2,1-4H3,(H,31,34)/t29-/m1/s1. The Morgan fingerprint density at radius 2 is 1.64 bits per heavy atom. The van der Waals surface area contributed by atoms with Gasteiger partial charge in [0.25, 0.3) is 0 Å². The SMILES string of the molecule is COc1ccc([C@@](C#N)(CCC(=O)N(C(=O)NC2CCCCC2)C2CCCCC2)C(C)C)cc1OC. The molecule has 2 aliphatic rings. The van der Waals surface area contributed by atoms with Crippen molar-refractivity contribution in [2.24, 2.45) is 5.92 Å². The van der Waals surface area contributed by atoms with Gasteiger partial charge in [0.1, 0.15) is 0 Å². The molecule has 2 aliphatic carbocycles. The number of ether oxygens (including phenoxy) is 2. The number of hydrogen-bond donors (Lipinski definition) is 1. The van der Waals surface area contributed by atoms with Crippen LogP contribution in [0, 0.1) is 17.2 Å². The molecule has 0 aromatic heterocycles. The maximum atomic E-state index is 13.7. The maximum Gasteiger partial charge on any atom is 0.324 e. The zero-order valence-corrected chi connectivity index (χ0v) is 22.5. The Labute approximate surface area is 216 Å². The number of rotatable bonds is 9. The molecule has 36 heavy (non-hydrogen) atoms. The third-order valence-corrected chi connectivity index (χ3v) is 8.18. The van der Waals surface area contributed by atoms with Crippen molar-refractivity contribution in [1.29, 1.82) is 5.26 Å². The Balaban J connectivity index is 1.82. The van der Waals surface area contributed by atoms with E-state index in [-0.39, 0.29) is 36.4 Å². The van der Waals surface area contributed by atoms with Crippen LogP contribution in [0.1, 0.15) is 96.5 Å². The van der Waals surface area contributed by atoms with Crippen LogP contribution in [0.15, 0.2) is 18.2 Å². The van der Waals surface area contributed by atoms with Crippen molar-refractivity contribution in [3.05, 3.63) is 23.8 Å². The molecule has 0 spiro atoms. The van der Waals surface area contributed by atoms with Crippen molar-refractivity contribution in [3.63, 3.8) is 0 Å². The lowest BCUT2D eigenvalue weighted by atomic mass is 9.69. The van der Waals surface area contributed by atoms with E-state index in [0.29, 0.717) is 17.9 Å². The molecule has 0 radical (unpaired) electrons. The van der Waals surface area contributed by atoms with Gasteiger partial charge in [0.2, 0.25) is 5.91 Å². The van der Waals surface area contributed by atoms with Gasteiger partial charge in [-0.05, 0) is 55.7 Å². The number of nitrogens with zero attached hydrogens (tertiary/aromatic N) is 2. The minimum atomic E-state index is -0.896. The molecule has 2 saturated carbocycles. The summed E-state index contributed by atoms with van der Waals surface area (Å²) in [6.07, 6.45) is 10.8. The number of hydrogen-bond acceptors (Lipinski definition) is 5. The molecule has 0 unspecified atom stereocenters. The lowest BCUT2D eigenvalue weighted by Crippen LogP contribution is -2.53. The number of urea groups is 1. The van der Waals surface area contributed by atoms with Gasteiger partial charge in [0, 0.05) is 18.5 Å². The van der Waals surface area contributed by atoms with Gasteiger partial charge in [0.05, 0.1) is 25.7 Å². The lowest BCUT2D eigenvalue weighted by Gasteiger charge is -2.36. The monoisotopic (exact) mass is 497 g/mol. The van der Waals surface area contributed by atoms with Crippen molar-refractivity contribution < 1.29 is 19.1 Å². The topological polar surface area (TPSA) is 91.7 Å². The van der Waals surface area contributed by atoms with E-state index in [4.69, 9.17) is 9.47 Å². The van der Waals surface area contributed by atoms with Crippen LogP contribution in [-0.4, -0.2) is 43.1 Å². The van der Waals surface area contributed by atoms with E-state index in [1.54, 1.807) is 20.3 Å². The van der Waals surface area contributed by atoms with Gasteiger partial charge in [-0.2, -0.15) is 5.26 Å². The number of nitriles is 1. The molecule has 3 amide bonds. The summed E-state index contributed by atoms with van der Waals surface area (Å²) in [5, 5.41) is 13.6. The van der Waals surface area contributed by atoms with E-state index in [1.165, 1.54) is 11.3 Å². The highest BCUT2D eigenvalue weighted by Gasteiger charge is 2.39. The number of carbonyl (C=O) groups excluding carboxylic acids is 2. The second-order valence-electron chi connectivity index (χ2n) is 10.6. The van der Waals surface area contributed by atoms with Crippen LogP contribution in [0.25, 0.3) is 0 Å². The minimum Gasteiger partial charge on any atom is -0.493 e. The Morgan fingerprint density at radius 1 is 1.03 bits per heavy atom. The average molecular weight is 498 g/mol. The van der Waals surface area contributed by atoms with E-state index in [1.807, 2.05) is 26.0 Å². The van der Waals surface area contributed by atoms with Gasteiger partial charge in [-0.25, -0.2) is 4.79 Å². The van der Waals surface area contributed by atoms with Crippen molar-refractivity contribution in [1.82, 2.24) is 10.2 Å². The van der Waals surface area contributed by atoms with Gasteiger partial charge < -0.3 is 14.8 Å². The first-order valence-corrected chi connectivity index (χ1v) is 13.6. The van der Waals surface area contributed by atoms with Gasteiger partial charge in [-0.1, -0.05) is 58.4 Å². The Hall–Kier alpha value is -2.75. The predicted octanol–water partition coefficient (Wildman–Crippen LogP) is 6.10. The fraction of sp³-hybridized carbons (Fsp3) is 0.690. The number of carbonyl (C=O) groups is 2. The molecule has 2 fully saturated rings. The molecule has 3 rings (SSSR count). The molecule has 1 aromatic carbocycles. The highest BCUT2D eigenvalue weighted by Crippen LogP contribution is 2.41. The fourth-order valence-electron chi connectivity index (χ4n) is 5.87. The normalized spacial score (nSPS) is 18.7. The smallest absolute Gasteiger partial charge is 0.324 e. The highest BCUT2D eigenvalue weighted by molar-refractivity contribution is 5.95. The number of imide groups is 1. The lowest BCUT2D eigenvalue weighted by molar-refractivity contribution is -0.131. The number of nitrogens with one attached hydrogen (secondary N) is 1. The molecular weight excluding hydrogens is 454 g/mol. The van der Waals surface area contributed by atoms with Crippen LogP contribution in [0.5, 0.6) is 11.5 Å². The highest BCUT2D eigenvalue weighted by atomic mass is 16.5. The molecule has 0 aliphatic heterocycles. The molecule has 7 heteroatoms. The molecule has 0 heterocycles. The molecule has 1 N–H and O–H groups in total. The van der Waals surface area contributed by atoms with E-state index >= 15 is 0 Å². The number of methoxy groups -OCH3 is 2. The predicted molar refractivity (Wildman–Crippen MR) is 140 cm³/mol. The molecule has 1 aromatic rings. The van der Waals surface area contributed by atoms with E-state index in [9.17, 15) is 14.9 Å². The first kappa shape index (κ1) is 27.8. The molecule has 1 atom stereocenters. The summed E-state index contributed by atoms with van der Waals surface area (Å²) in [6, 6.07) is 7.86. The van der Waals surface area contributed by atoms with Crippen LogP contribution in [-0.2, 0) is 10.2 Å². The molecule has 0 saturated heterocycles. The first-order chi connectivity index (χ1) is 17.4. The van der Waals surface area contributed by atoms with E-state index in [2.05, 4.69) is 11.4 Å². The fourth-order valence-corrected chi connectivity index (χ4v) is 5.87. The van der Waals surface area contributed by atoms with Crippen LogP contribution in [0.3, 0.4) is 0 Å². The summed E-state index contributed by atoms with van der Waals surface area (Å²) in [6.45, 7) is 4.00. The summed E-state index contributed by atoms with van der Waals surface area (Å²) in [4.78, 5) is 28.6. The second kappa shape index (κ2) is 13.0. The van der Waals surface area contributed by atoms with Crippen molar-refractivity contribution in [3.8, 4) is 17.6 Å². The van der Waals surface area contributed by atoms with Gasteiger partial charge in [-0.3, -0.25) is 9.69 Å². The maximum absolute atomic E-state index is 13.7. The van der Waals surface area contributed by atoms with Gasteiger partial charge in [0.15, 0.2) is 11.5 Å². The summed E-state index contributed by atoms with van der Waals surface area (Å²) in [5.74, 6) is 0.914.